The molecule has 0 aliphatic heterocycles. The van der Waals surface area contributed by atoms with Crippen LogP contribution in [0.25, 0.3) is 0 Å². The van der Waals surface area contributed by atoms with Crippen LogP contribution in [0.3, 0.4) is 0 Å². The summed E-state index contributed by atoms with van der Waals surface area (Å²) in [5.41, 5.74) is 1.17. The first-order valence-corrected chi connectivity index (χ1v) is 9.80. The molecular formula is C16H28O3Si. The second kappa shape index (κ2) is 7.36. The normalized spacial score (nSPS) is 16.7. The summed E-state index contributed by atoms with van der Waals surface area (Å²) >= 11 is 0. The molecule has 0 radical (unpaired) electrons. The van der Waals surface area contributed by atoms with Gasteiger partial charge in [-0.2, -0.15) is 0 Å². The van der Waals surface area contributed by atoms with Gasteiger partial charge in [0.05, 0.1) is 25.5 Å². The third-order valence-corrected chi connectivity index (χ3v) is 8.45. The average Bonchev–Trinajstić information content (AvgIpc) is 2.36. The van der Waals surface area contributed by atoms with Gasteiger partial charge in [-0.3, -0.25) is 0 Å². The quantitative estimate of drug-likeness (QED) is 0.783. The monoisotopic (exact) mass is 296 g/mol. The molecule has 0 spiro atoms. The van der Waals surface area contributed by atoms with Crippen molar-refractivity contribution in [3.05, 3.63) is 35.9 Å². The fourth-order valence-corrected chi connectivity index (χ4v) is 3.77. The summed E-state index contributed by atoms with van der Waals surface area (Å²) in [6.45, 7) is 11.5. The molecular weight excluding hydrogens is 268 g/mol. The smallest absolute Gasteiger partial charge is 0.220 e. The lowest BCUT2D eigenvalue weighted by Gasteiger charge is -2.39. The van der Waals surface area contributed by atoms with Gasteiger partial charge < -0.3 is 14.3 Å². The maximum atomic E-state index is 9.44. The third kappa shape index (κ3) is 5.36. The van der Waals surface area contributed by atoms with E-state index in [1.54, 1.807) is 6.92 Å². The number of aliphatic hydroxyl groups is 1. The predicted octanol–water partition coefficient (Wildman–Crippen LogP) is 3.52. The van der Waals surface area contributed by atoms with E-state index in [0.717, 1.165) is 0 Å². The van der Waals surface area contributed by atoms with Crippen molar-refractivity contribution in [3.8, 4) is 0 Å². The minimum absolute atomic E-state index is 0.0680. The number of aliphatic hydroxyl groups excluding tert-OH is 1. The van der Waals surface area contributed by atoms with E-state index in [9.17, 15) is 5.11 Å². The molecule has 0 amide bonds. The van der Waals surface area contributed by atoms with E-state index in [1.807, 2.05) is 18.2 Å². The van der Waals surface area contributed by atoms with Gasteiger partial charge in [0.1, 0.15) is 0 Å². The van der Waals surface area contributed by atoms with Crippen molar-refractivity contribution in [2.75, 3.05) is 12.8 Å². The van der Waals surface area contributed by atoms with E-state index in [1.165, 1.54) is 5.56 Å². The zero-order chi connectivity index (χ0) is 15.2. The molecule has 114 valence electrons. The zero-order valence-electron chi connectivity index (χ0n) is 13.3. The van der Waals surface area contributed by atoms with Crippen molar-refractivity contribution in [3.63, 3.8) is 0 Å². The number of ether oxygens (including phenoxy) is 1. The molecule has 0 aromatic heterocycles. The number of benzene rings is 1. The lowest BCUT2D eigenvalue weighted by atomic mass is 10.2. The van der Waals surface area contributed by atoms with Crippen molar-refractivity contribution < 1.29 is 14.3 Å². The Morgan fingerprint density at radius 3 is 2.30 bits per heavy atom. The lowest BCUT2D eigenvalue weighted by molar-refractivity contribution is 0.0929. The highest BCUT2D eigenvalue weighted by Gasteiger charge is 2.42. The van der Waals surface area contributed by atoms with E-state index in [0.29, 0.717) is 19.4 Å². The van der Waals surface area contributed by atoms with Crippen LogP contribution in [-0.2, 0) is 15.8 Å². The molecule has 0 saturated heterocycles. The van der Waals surface area contributed by atoms with Gasteiger partial charge in [0, 0.05) is 0 Å². The molecule has 0 unspecified atom stereocenters. The van der Waals surface area contributed by atoms with Crippen LogP contribution in [0, 0.1) is 0 Å². The van der Waals surface area contributed by atoms with Crippen molar-refractivity contribution in [2.45, 2.75) is 52.0 Å². The fraction of sp³-hybridized carbons (Fsp3) is 0.625. The van der Waals surface area contributed by atoms with E-state index in [2.05, 4.69) is 39.5 Å². The molecule has 1 rings (SSSR count). The Bertz CT molecular complexity index is 386. The fourth-order valence-electron chi connectivity index (χ4n) is 1.72. The van der Waals surface area contributed by atoms with E-state index in [4.69, 9.17) is 9.16 Å². The topological polar surface area (TPSA) is 38.7 Å². The molecule has 20 heavy (non-hydrogen) atoms. The van der Waals surface area contributed by atoms with E-state index in [-0.39, 0.29) is 5.04 Å². The highest BCUT2D eigenvalue weighted by atomic mass is 28.4. The molecule has 2 atom stereocenters. The number of hydrogen-bond donors (Lipinski definition) is 1. The van der Waals surface area contributed by atoms with Gasteiger partial charge in [-0.25, -0.2) is 0 Å². The first-order chi connectivity index (χ1) is 9.24. The SMILES string of the molecule is C[C@@H](O)CO[Si@](C)(COCc1ccccc1)C(C)(C)C. The van der Waals surface area contributed by atoms with Crippen molar-refractivity contribution in [1.29, 1.82) is 0 Å². The summed E-state index contributed by atoms with van der Waals surface area (Å²) in [6.07, 6.45) is 0.205. The van der Waals surface area contributed by atoms with Gasteiger partial charge in [-0.1, -0.05) is 51.1 Å². The molecule has 0 saturated carbocycles. The first-order valence-electron chi connectivity index (χ1n) is 7.18. The Balaban J connectivity index is 2.57. The largest absolute Gasteiger partial charge is 0.412 e. The molecule has 0 aliphatic rings. The third-order valence-electron chi connectivity index (χ3n) is 3.72. The molecule has 4 heteroatoms. The Labute approximate surface area is 124 Å². The van der Waals surface area contributed by atoms with Gasteiger partial charge in [0.25, 0.3) is 0 Å². The van der Waals surface area contributed by atoms with Gasteiger partial charge in [0.15, 0.2) is 0 Å². The second-order valence-electron chi connectivity index (χ2n) is 6.62. The summed E-state index contributed by atoms with van der Waals surface area (Å²) in [5, 5.41) is 9.51. The Morgan fingerprint density at radius 2 is 1.80 bits per heavy atom. The molecule has 1 aromatic carbocycles. The summed E-state index contributed by atoms with van der Waals surface area (Å²) in [6, 6.07) is 10.2. The van der Waals surface area contributed by atoms with Crippen LogP contribution in [0.5, 0.6) is 0 Å². The maximum Gasteiger partial charge on any atom is 0.220 e. The molecule has 1 N–H and O–H groups in total. The van der Waals surface area contributed by atoms with Crippen LogP contribution in [0.4, 0.5) is 0 Å². The predicted molar refractivity (Wildman–Crippen MR) is 85.1 cm³/mol. The van der Waals surface area contributed by atoms with Crippen molar-refractivity contribution >= 4 is 8.32 Å². The lowest BCUT2D eigenvalue weighted by Crippen LogP contribution is -2.50. The molecule has 1 aromatic rings. The Hall–Kier alpha value is -0.683. The minimum atomic E-state index is -2.05. The van der Waals surface area contributed by atoms with E-state index >= 15 is 0 Å². The minimum Gasteiger partial charge on any atom is -0.412 e. The average molecular weight is 296 g/mol. The van der Waals surface area contributed by atoms with Gasteiger partial charge in [0.2, 0.25) is 8.32 Å². The van der Waals surface area contributed by atoms with Crippen LogP contribution in [-0.4, -0.2) is 32.4 Å². The summed E-state index contributed by atoms with van der Waals surface area (Å²) < 4.78 is 12.0. The van der Waals surface area contributed by atoms with Crippen molar-refractivity contribution in [2.24, 2.45) is 0 Å². The number of hydrogen-bond acceptors (Lipinski definition) is 3. The standard InChI is InChI=1S/C16H28O3Si/c1-14(17)11-19-20(5,16(2,3)4)13-18-12-15-9-7-6-8-10-15/h6-10,14,17H,11-13H2,1-5H3/t14-,20-/m1/s1. The molecule has 3 nitrogen and oxygen atoms in total. The molecule has 0 heterocycles. The molecule has 0 bridgehead atoms. The maximum absolute atomic E-state index is 9.44. The Kier molecular flexibility index (Phi) is 6.39. The van der Waals surface area contributed by atoms with Crippen LogP contribution < -0.4 is 0 Å². The van der Waals surface area contributed by atoms with Crippen LogP contribution in [0.1, 0.15) is 33.3 Å². The summed E-state index contributed by atoms with van der Waals surface area (Å²) in [7, 11) is -2.05. The van der Waals surface area contributed by atoms with Crippen LogP contribution in [0.2, 0.25) is 11.6 Å². The van der Waals surface area contributed by atoms with Gasteiger partial charge >= 0.3 is 0 Å². The van der Waals surface area contributed by atoms with Gasteiger partial charge in [-0.05, 0) is 24.1 Å². The second-order valence-corrected chi connectivity index (χ2v) is 11.2. The summed E-state index contributed by atoms with van der Waals surface area (Å²) in [4.78, 5) is 0. The zero-order valence-corrected chi connectivity index (χ0v) is 14.3. The van der Waals surface area contributed by atoms with E-state index < -0.39 is 14.4 Å². The van der Waals surface area contributed by atoms with Crippen LogP contribution in [0.15, 0.2) is 30.3 Å². The molecule has 0 aliphatic carbocycles. The van der Waals surface area contributed by atoms with Crippen LogP contribution >= 0.6 is 0 Å². The Morgan fingerprint density at radius 1 is 1.20 bits per heavy atom. The summed E-state index contributed by atoms with van der Waals surface area (Å²) in [5.74, 6) is 0. The first kappa shape index (κ1) is 17.4. The molecule has 0 fully saturated rings. The highest BCUT2D eigenvalue weighted by Crippen LogP contribution is 2.37. The highest BCUT2D eigenvalue weighted by molar-refractivity contribution is 6.75. The number of rotatable bonds is 7. The van der Waals surface area contributed by atoms with Crippen molar-refractivity contribution in [1.82, 2.24) is 0 Å². The van der Waals surface area contributed by atoms with Gasteiger partial charge in [-0.15, -0.1) is 0 Å².